The van der Waals surface area contributed by atoms with Crippen LogP contribution in [0.25, 0.3) is 11.4 Å². The van der Waals surface area contributed by atoms with Crippen molar-refractivity contribution in [3.8, 4) is 28.6 Å². The molecule has 1 aliphatic rings. The quantitative estimate of drug-likeness (QED) is 0.633. The van der Waals surface area contributed by atoms with Gasteiger partial charge in [-0.05, 0) is 43.3 Å². The summed E-state index contributed by atoms with van der Waals surface area (Å²) in [5.41, 5.74) is 1.48. The molecule has 156 valence electrons. The molecule has 3 aromatic rings. The summed E-state index contributed by atoms with van der Waals surface area (Å²) < 4.78 is 22.0. The SMILES string of the molecule is CCOc1ccc(-c2noc(CCC(=O)Nc3ccc4c(c3)OCCCO4)n2)cc1. The highest BCUT2D eigenvalue weighted by atomic mass is 16.5. The number of carbonyl (C=O) groups excluding carboxylic acids is 1. The Labute approximate surface area is 174 Å². The summed E-state index contributed by atoms with van der Waals surface area (Å²) in [5, 5.41) is 6.85. The molecule has 2 aromatic carbocycles. The minimum Gasteiger partial charge on any atom is -0.494 e. The van der Waals surface area contributed by atoms with E-state index in [4.69, 9.17) is 18.7 Å². The van der Waals surface area contributed by atoms with Crippen molar-refractivity contribution in [3.63, 3.8) is 0 Å². The van der Waals surface area contributed by atoms with Gasteiger partial charge in [-0.2, -0.15) is 4.98 Å². The number of ether oxygens (including phenoxy) is 3. The summed E-state index contributed by atoms with van der Waals surface area (Å²) in [6.45, 7) is 3.77. The van der Waals surface area contributed by atoms with E-state index in [2.05, 4.69) is 15.5 Å². The third kappa shape index (κ3) is 4.89. The minimum atomic E-state index is -0.148. The van der Waals surface area contributed by atoms with E-state index in [-0.39, 0.29) is 12.3 Å². The number of fused-ring (bicyclic) bond motifs is 1. The Morgan fingerprint density at radius 3 is 2.70 bits per heavy atom. The molecule has 0 atom stereocenters. The van der Waals surface area contributed by atoms with E-state index in [1.807, 2.05) is 31.2 Å². The number of carbonyl (C=O) groups is 1. The van der Waals surface area contributed by atoms with Crippen molar-refractivity contribution in [1.82, 2.24) is 10.1 Å². The molecular weight excluding hydrogens is 386 g/mol. The van der Waals surface area contributed by atoms with E-state index in [9.17, 15) is 4.79 Å². The zero-order valence-electron chi connectivity index (χ0n) is 16.7. The van der Waals surface area contributed by atoms with Crippen LogP contribution in [0.5, 0.6) is 17.2 Å². The van der Waals surface area contributed by atoms with E-state index < -0.39 is 0 Å². The van der Waals surface area contributed by atoms with E-state index in [1.165, 1.54) is 0 Å². The van der Waals surface area contributed by atoms with Crippen molar-refractivity contribution in [2.24, 2.45) is 0 Å². The molecule has 0 spiro atoms. The summed E-state index contributed by atoms with van der Waals surface area (Å²) in [4.78, 5) is 16.7. The number of nitrogens with zero attached hydrogens (tertiary/aromatic N) is 2. The van der Waals surface area contributed by atoms with Crippen molar-refractivity contribution in [3.05, 3.63) is 48.4 Å². The lowest BCUT2D eigenvalue weighted by Gasteiger charge is -2.10. The second-order valence-corrected chi connectivity index (χ2v) is 6.73. The van der Waals surface area contributed by atoms with Crippen molar-refractivity contribution >= 4 is 11.6 Å². The average molecular weight is 409 g/mol. The Morgan fingerprint density at radius 1 is 1.10 bits per heavy atom. The number of benzene rings is 2. The van der Waals surface area contributed by atoms with Crippen LogP contribution in [-0.2, 0) is 11.2 Å². The fourth-order valence-electron chi connectivity index (χ4n) is 3.03. The molecule has 1 N–H and O–H groups in total. The largest absolute Gasteiger partial charge is 0.494 e. The molecule has 8 heteroatoms. The minimum absolute atomic E-state index is 0.148. The summed E-state index contributed by atoms with van der Waals surface area (Å²) >= 11 is 0. The number of hydrogen-bond acceptors (Lipinski definition) is 7. The fourth-order valence-corrected chi connectivity index (χ4v) is 3.03. The molecule has 1 aliphatic heterocycles. The van der Waals surface area contributed by atoms with Crippen LogP contribution in [0.3, 0.4) is 0 Å². The van der Waals surface area contributed by atoms with E-state index in [1.54, 1.807) is 18.2 Å². The highest BCUT2D eigenvalue weighted by Gasteiger charge is 2.14. The van der Waals surface area contributed by atoms with Crippen LogP contribution >= 0.6 is 0 Å². The standard InChI is InChI=1S/C22H23N3O5/c1-2-27-17-7-4-15(5-8-17)22-24-21(30-25-22)11-10-20(26)23-16-6-9-18-19(14-16)29-13-3-12-28-18/h4-9,14H,2-3,10-13H2,1H3,(H,23,26). The normalized spacial score (nSPS) is 12.8. The van der Waals surface area contributed by atoms with Gasteiger partial charge in [-0.25, -0.2) is 0 Å². The number of anilines is 1. The number of nitrogens with one attached hydrogen (secondary N) is 1. The maximum Gasteiger partial charge on any atom is 0.227 e. The van der Waals surface area contributed by atoms with Gasteiger partial charge < -0.3 is 24.1 Å². The predicted molar refractivity (Wildman–Crippen MR) is 110 cm³/mol. The molecule has 2 heterocycles. The number of amides is 1. The second-order valence-electron chi connectivity index (χ2n) is 6.73. The zero-order valence-corrected chi connectivity index (χ0v) is 16.7. The maximum atomic E-state index is 12.3. The molecule has 0 unspecified atom stereocenters. The topological polar surface area (TPSA) is 95.7 Å². The van der Waals surface area contributed by atoms with Crippen molar-refractivity contribution in [2.75, 3.05) is 25.1 Å². The molecule has 0 bridgehead atoms. The van der Waals surface area contributed by atoms with Gasteiger partial charge >= 0.3 is 0 Å². The van der Waals surface area contributed by atoms with Crippen LogP contribution < -0.4 is 19.5 Å². The summed E-state index contributed by atoms with van der Waals surface area (Å²) in [6, 6.07) is 12.8. The van der Waals surface area contributed by atoms with Gasteiger partial charge in [0.05, 0.1) is 19.8 Å². The third-order valence-corrected chi connectivity index (χ3v) is 4.49. The summed E-state index contributed by atoms with van der Waals surface area (Å²) in [6.07, 6.45) is 1.40. The lowest BCUT2D eigenvalue weighted by molar-refractivity contribution is -0.116. The molecule has 4 rings (SSSR count). The van der Waals surface area contributed by atoms with Crippen LogP contribution in [0, 0.1) is 0 Å². The number of rotatable bonds is 7. The molecule has 0 radical (unpaired) electrons. The monoisotopic (exact) mass is 409 g/mol. The Balaban J connectivity index is 1.32. The van der Waals surface area contributed by atoms with Gasteiger partial charge in [0.2, 0.25) is 17.6 Å². The van der Waals surface area contributed by atoms with Crippen molar-refractivity contribution in [1.29, 1.82) is 0 Å². The van der Waals surface area contributed by atoms with Gasteiger partial charge in [-0.15, -0.1) is 0 Å². The van der Waals surface area contributed by atoms with E-state index in [0.29, 0.717) is 55.1 Å². The van der Waals surface area contributed by atoms with Crippen LogP contribution in [0.4, 0.5) is 5.69 Å². The van der Waals surface area contributed by atoms with Crippen molar-refractivity contribution < 1.29 is 23.5 Å². The van der Waals surface area contributed by atoms with Crippen LogP contribution in [-0.4, -0.2) is 35.9 Å². The molecule has 0 fully saturated rings. The van der Waals surface area contributed by atoms with Crippen LogP contribution in [0.1, 0.15) is 25.7 Å². The van der Waals surface area contributed by atoms with E-state index >= 15 is 0 Å². The Kier molecular flexibility index (Phi) is 6.12. The number of aryl methyl sites for hydroxylation is 1. The second kappa shape index (κ2) is 9.30. The van der Waals surface area contributed by atoms with Crippen molar-refractivity contribution in [2.45, 2.75) is 26.2 Å². The third-order valence-electron chi connectivity index (χ3n) is 4.49. The highest BCUT2D eigenvalue weighted by molar-refractivity contribution is 5.91. The molecule has 30 heavy (non-hydrogen) atoms. The first-order valence-corrected chi connectivity index (χ1v) is 9.96. The first-order valence-electron chi connectivity index (χ1n) is 9.96. The lowest BCUT2D eigenvalue weighted by atomic mass is 10.2. The summed E-state index contributed by atoms with van der Waals surface area (Å²) in [7, 11) is 0. The number of hydrogen-bond donors (Lipinski definition) is 1. The average Bonchev–Trinajstić information content (AvgIpc) is 3.11. The maximum absolute atomic E-state index is 12.3. The van der Waals surface area contributed by atoms with Crippen LogP contribution in [0.15, 0.2) is 47.0 Å². The van der Waals surface area contributed by atoms with Gasteiger partial charge in [0, 0.05) is 36.6 Å². The Hall–Kier alpha value is -3.55. The van der Waals surface area contributed by atoms with Crippen LogP contribution in [0.2, 0.25) is 0 Å². The molecule has 1 aromatic heterocycles. The zero-order chi connectivity index (χ0) is 20.8. The van der Waals surface area contributed by atoms with Gasteiger partial charge in [-0.1, -0.05) is 5.16 Å². The molecule has 1 amide bonds. The molecule has 0 saturated heterocycles. The summed E-state index contributed by atoms with van der Waals surface area (Å²) in [5.74, 6) is 2.87. The molecule has 8 nitrogen and oxygen atoms in total. The van der Waals surface area contributed by atoms with Gasteiger partial charge in [0.15, 0.2) is 11.5 Å². The smallest absolute Gasteiger partial charge is 0.227 e. The van der Waals surface area contributed by atoms with Gasteiger partial charge in [0.1, 0.15) is 5.75 Å². The highest BCUT2D eigenvalue weighted by Crippen LogP contribution is 2.32. The van der Waals surface area contributed by atoms with Gasteiger partial charge in [0.25, 0.3) is 0 Å². The Bertz CT molecular complexity index is 1000. The first-order chi connectivity index (χ1) is 14.7. The lowest BCUT2D eigenvalue weighted by Crippen LogP contribution is -2.12. The fraction of sp³-hybridized carbons (Fsp3) is 0.318. The first kappa shape index (κ1) is 19.8. The molecule has 0 aliphatic carbocycles. The van der Waals surface area contributed by atoms with E-state index in [0.717, 1.165) is 17.7 Å². The molecule has 0 saturated carbocycles. The predicted octanol–water partition coefficient (Wildman–Crippen LogP) is 3.87. The Morgan fingerprint density at radius 2 is 1.90 bits per heavy atom. The molecular formula is C22H23N3O5. The number of aromatic nitrogens is 2. The van der Waals surface area contributed by atoms with Gasteiger partial charge in [-0.3, -0.25) is 4.79 Å².